The third-order valence-electron chi connectivity index (χ3n) is 2.89. The predicted molar refractivity (Wildman–Crippen MR) is 84.0 cm³/mol. The maximum absolute atomic E-state index is 11.0. The van der Waals surface area contributed by atoms with Crippen LogP contribution in [0.2, 0.25) is 0 Å². The van der Waals surface area contributed by atoms with Crippen molar-refractivity contribution in [2.75, 3.05) is 5.32 Å². The van der Waals surface area contributed by atoms with Gasteiger partial charge >= 0.3 is 0 Å². The van der Waals surface area contributed by atoms with Gasteiger partial charge in [-0.2, -0.15) is 0 Å². The van der Waals surface area contributed by atoms with Crippen LogP contribution in [0.3, 0.4) is 0 Å². The Hall–Kier alpha value is -1.34. The number of nitro benzene ring substituents is 1. The molecule has 0 fully saturated rings. The average molecular weight is 404 g/mol. The highest BCUT2D eigenvalue weighted by atomic mass is 79.9. The number of hydrogen-bond acceptors (Lipinski definition) is 4. The van der Waals surface area contributed by atoms with Crippen molar-refractivity contribution < 1.29 is 9.34 Å². The first-order valence-electron chi connectivity index (χ1n) is 5.81. The second kappa shape index (κ2) is 5.97. The maximum atomic E-state index is 11.0. The van der Waals surface area contributed by atoms with Crippen molar-refractivity contribution in [3.63, 3.8) is 0 Å². The number of halogens is 2. The smallest absolute Gasteiger partial charge is 0.274 e. The van der Waals surface area contributed by atoms with Gasteiger partial charge in [0.1, 0.15) is 5.76 Å². The molecule has 0 spiro atoms. The molecule has 2 rings (SSSR count). The quantitative estimate of drug-likeness (QED) is 0.579. The standard InChI is InChI=1S/C13H12Br2N2O3/c1-7-3-8(2)12(17(18)19)5-11(7)16-6-9-4-10(14)13(15)20-9/h3-5,16H,6H2,1-2H3. The van der Waals surface area contributed by atoms with Crippen molar-refractivity contribution in [3.8, 4) is 0 Å². The van der Waals surface area contributed by atoms with Crippen LogP contribution in [0.15, 0.2) is 31.8 Å². The summed E-state index contributed by atoms with van der Waals surface area (Å²) < 4.78 is 6.91. The highest BCUT2D eigenvalue weighted by molar-refractivity contribution is 9.13. The number of aryl methyl sites for hydroxylation is 2. The van der Waals surface area contributed by atoms with Crippen molar-refractivity contribution in [1.29, 1.82) is 0 Å². The molecular formula is C13H12Br2N2O3. The van der Waals surface area contributed by atoms with E-state index in [1.807, 2.05) is 13.0 Å². The first kappa shape index (κ1) is 15.1. The Labute approximate surface area is 132 Å². The van der Waals surface area contributed by atoms with Gasteiger partial charge in [-0.25, -0.2) is 0 Å². The Kier molecular flexibility index (Phi) is 4.49. The third kappa shape index (κ3) is 3.21. The zero-order chi connectivity index (χ0) is 14.9. The van der Waals surface area contributed by atoms with E-state index in [1.54, 1.807) is 19.1 Å². The van der Waals surface area contributed by atoms with Crippen molar-refractivity contribution in [3.05, 3.63) is 54.3 Å². The van der Waals surface area contributed by atoms with E-state index in [2.05, 4.69) is 37.2 Å². The van der Waals surface area contributed by atoms with Crippen LogP contribution in [0.25, 0.3) is 0 Å². The monoisotopic (exact) mass is 402 g/mol. The van der Waals surface area contributed by atoms with E-state index >= 15 is 0 Å². The molecule has 1 aromatic carbocycles. The first-order chi connectivity index (χ1) is 9.38. The highest BCUT2D eigenvalue weighted by Crippen LogP contribution is 2.29. The van der Waals surface area contributed by atoms with Gasteiger partial charge in [0.15, 0.2) is 4.67 Å². The predicted octanol–water partition coefficient (Wildman–Crippen LogP) is 4.94. The van der Waals surface area contributed by atoms with Gasteiger partial charge in [-0.05, 0) is 63.4 Å². The summed E-state index contributed by atoms with van der Waals surface area (Å²) in [6.45, 7) is 4.09. The molecule has 1 heterocycles. The van der Waals surface area contributed by atoms with Crippen molar-refractivity contribution >= 4 is 43.2 Å². The summed E-state index contributed by atoms with van der Waals surface area (Å²) in [7, 11) is 0. The molecule has 0 aliphatic heterocycles. The Morgan fingerprint density at radius 2 is 1.95 bits per heavy atom. The number of hydrogen-bond donors (Lipinski definition) is 1. The molecule has 0 saturated carbocycles. The van der Waals surface area contributed by atoms with E-state index in [0.29, 0.717) is 16.8 Å². The average Bonchev–Trinajstić information content (AvgIpc) is 2.67. The number of anilines is 1. The number of nitrogens with zero attached hydrogens (tertiary/aromatic N) is 1. The minimum Gasteiger partial charge on any atom is -0.451 e. The normalized spacial score (nSPS) is 10.6. The molecule has 0 radical (unpaired) electrons. The van der Waals surface area contributed by atoms with Crippen LogP contribution in [0, 0.1) is 24.0 Å². The minimum absolute atomic E-state index is 0.111. The fraction of sp³-hybridized carbons (Fsp3) is 0.231. The minimum atomic E-state index is -0.375. The van der Waals surface area contributed by atoms with E-state index in [1.165, 1.54) is 0 Å². The highest BCUT2D eigenvalue weighted by Gasteiger charge is 2.14. The van der Waals surface area contributed by atoms with Gasteiger partial charge in [-0.15, -0.1) is 0 Å². The summed E-state index contributed by atoms with van der Waals surface area (Å²) >= 11 is 6.61. The molecule has 0 atom stereocenters. The van der Waals surface area contributed by atoms with Crippen LogP contribution in [0.5, 0.6) is 0 Å². The zero-order valence-electron chi connectivity index (χ0n) is 10.9. The van der Waals surface area contributed by atoms with Crippen LogP contribution in [-0.2, 0) is 6.54 Å². The van der Waals surface area contributed by atoms with Gasteiger partial charge in [0.05, 0.1) is 15.9 Å². The summed E-state index contributed by atoms with van der Waals surface area (Å²) in [5, 5.41) is 14.1. The fourth-order valence-corrected chi connectivity index (χ4v) is 2.55. The summed E-state index contributed by atoms with van der Waals surface area (Å²) in [5.74, 6) is 0.728. The maximum Gasteiger partial charge on any atom is 0.274 e. The van der Waals surface area contributed by atoms with Gasteiger partial charge in [-0.3, -0.25) is 10.1 Å². The van der Waals surface area contributed by atoms with Crippen LogP contribution in [0.4, 0.5) is 11.4 Å². The van der Waals surface area contributed by atoms with Crippen molar-refractivity contribution in [1.82, 2.24) is 0 Å². The fourth-order valence-electron chi connectivity index (χ4n) is 1.89. The Morgan fingerprint density at radius 3 is 2.50 bits per heavy atom. The van der Waals surface area contributed by atoms with Gasteiger partial charge in [0.25, 0.3) is 5.69 Å². The number of rotatable bonds is 4. The molecule has 20 heavy (non-hydrogen) atoms. The first-order valence-corrected chi connectivity index (χ1v) is 7.40. The lowest BCUT2D eigenvalue weighted by Gasteiger charge is -2.09. The lowest BCUT2D eigenvalue weighted by molar-refractivity contribution is -0.385. The molecule has 2 aromatic rings. The van der Waals surface area contributed by atoms with E-state index < -0.39 is 0 Å². The largest absolute Gasteiger partial charge is 0.451 e. The van der Waals surface area contributed by atoms with Crippen LogP contribution in [-0.4, -0.2) is 4.92 Å². The van der Waals surface area contributed by atoms with Crippen molar-refractivity contribution in [2.45, 2.75) is 20.4 Å². The Morgan fingerprint density at radius 1 is 1.25 bits per heavy atom. The lowest BCUT2D eigenvalue weighted by atomic mass is 10.1. The van der Waals surface area contributed by atoms with Gasteiger partial charge in [0.2, 0.25) is 0 Å². The number of nitro groups is 1. The summed E-state index contributed by atoms with van der Waals surface area (Å²) in [6, 6.07) is 5.20. The number of nitrogens with one attached hydrogen (secondary N) is 1. The summed E-state index contributed by atoms with van der Waals surface area (Å²) in [4.78, 5) is 10.6. The van der Waals surface area contributed by atoms with Crippen LogP contribution >= 0.6 is 31.9 Å². The van der Waals surface area contributed by atoms with Gasteiger partial charge in [0, 0.05) is 17.3 Å². The molecule has 0 bridgehead atoms. The molecule has 0 aliphatic carbocycles. The SMILES string of the molecule is Cc1cc(C)c([N+](=O)[O-])cc1NCc1cc(Br)c(Br)o1. The molecule has 1 N–H and O–H groups in total. The van der Waals surface area contributed by atoms with E-state index in [-0.39, 0.29) is 10.6 Å². The van der Waals surface area contributed by atoms with E-state index in [9.17, 15) is 10.1 Å². The summed E-state index contributed by atoms with van der Waals surface area (Å²) in [5.41, 5.74) is 2.45. The molecule has 106 valence electrons. The molecule has 0 saturated heterocycles. The molecule has 1 aromatic heterocycles. The summed E-state index contributed by atoms with van der Waals surface area (Å²) in [6.07, 6.45) is 0. The second-order valence-electron chi connectivity index (χ2n) is 4.40. The molecular weight excluding hydrogens is 392 g/mol. The zero-order valence-corrected chi connectivity index (χ0v) is 14.0. The van der Waals surface area contributed by atoms with E-state index in [0.717, 1.165) is 21.5 Å². The molecule has 7 heteroatoms. The Balaban J connectivity index is 2.21. The molecule has 0 aliphatic rings. The Bertz CT molecular complexity index is 648. The molecule has 5 nitrogen and oxygen atoms in total. The van der Waals surface area contributed by atoms with Gasteiger partial charge in [-0.1, -0.05) is 0 Å². The second-order valence-corrected chi connectivity index (χ2v) is 5.97. The number of furan rings is 1. The van der Waals surface area contributed by atoms with Gasteiger partial charge < -0.3 is 9.73 Å². The van der Waals surface area contributed by atoms with Crippen LogP contribution < -0.4 is 5.32 Å². The van der Waals surface area contributed by atoms with E-state index in [4.69, 9.17) is 4.42 Å². The molecule has 0 amide bonds. The third-order valence-corrected chi connectivity index (χ3v) is 4.60. The van der Waals surface area contributed by atoms with Crippen LogP contribution in [0.1, 0.15) is 16.9 Å². The molecule has 0 unspecified atom stereocenters. The lowest BCUT2D eigenvalue weighted by Crippen LogP contribution is -2.02. The van der Waals surface area contributed by atoms with Crippen molar-refractivity contribution in [2.24, 2.45) is 0 Å². The topological polar surface area (TPSA) is 68.3 Å². The number of benzene rings is 1.